The third-order valence-electron chi connectivity index (χ3n) is 8.06. The molecule has 22 nitrogen and oxygen atoms in total. The van der Waals surface area contributed by atoms with Gasteiger partial charge in [-0.05, 0) is 45.6 Å². The zero-order valence-corrected chi connectivity index (χ0v) is 29.5. The average Bonchev–Trinajstić information content (AvgIpc) is 3.84. The third-order valence-corrected chi connectivity index (χ3v) is 8.06. The maximum absolute atomic E-state index is 12.7. The molecule has 2 aliphatic rings. The molecule has 4 unspecified atom stereocenters. The number of hydrogen-bond acceptors (Lipinski definition) is 12. The zero-order valence-electron chi connectivity index (χ0n) is 29.5. The highest BCUT2D eigenvalue weighted by atomic mass is 16.4. The van der Waals surface area contributed by atoms with Crippen LogP contribution in [0.3, 0.4) is 0 Å². The Hall–Kier alpha value is -5.80. The van der Waals surface area contributed by atoms with Gasteiger partial charge in [0.1, 0.15) is 24.7 Å². The quantitative estimate of drug-likeness (QED) is 0.0491. The first-order valence-corrected chi connectivity index (χ1v) is 17.0. The van der Waals surface area contributed by atoms with Gasteiger partial charge < -0.3 is 63.6 Å². The summed E-state index contributed by atoms with van der Waals surface area (Å²) in [7, 11) is 0. The molecule has 0 aromatic carbocycles. The second-order valence-corrected chi connectivity index (χ2v) is 12.3. The fourth-order valence-electron chi connectivity index (χ4n) is 5.27. The molecule has 0 saturated carbocycles. The number of carboxylic acids is 1. The van der Waals surface area contributed by atoms with Gasteiger partial charge in [0.15, 0.2) is 0 Å². The highest BCUT2D eigenvalue weighted by Gasteiger charge is 2.32. The first-order chi connectivity index (χ1) is 25.1. The number of carboxylic acid groups (broad SMARTS) is 1. The molecule has 9 amide bonds. The van der Waals surface area contributed by atoms with E-state index in [1.807, 2.05) is 0 Å². The minimum Gasteiger partial charge on any atom is -0.480 e. The lowest BCUT2D eigenvalue weighted by Crippen LogP contribution is -2.52. The molecule has 0 spiro atoms. The predicted octanol–water partition coefficient (Wildman–Crippen LogP) is -6.25. The van der Waals surface area contributed by atoms with Gasteiger partial charge in [-0.2, -0.15) is 0 Å². The van der Waals surface area contributed by atoms with Gasteiger partial charge in [0, 0.05) is 18.7 Å². The minimum absolute atomic E-state index is 0.0423. The van der Waals surface area contributed by atoms with Gasteiger partial charge in [0.2, 0.25) is 53.2 Å². The molecule has 12 N–H and O–H groups in total. The maximum atomic E-state index is 12.7. The lowest BCUT2D eigenvalue weighted by molar-refractivity contribution is -0.138. The Kier molecular flexibility index (Phi) is 18.2. The SMILES string of the molecule is C=C(CNC(=O)C(C)NC(=O)CNC(=O)CNC(=O)CNC(=O)C(CCC(N)=O)NC(=O)CNC(=O)C1CCCN1)N1CCCC1C(=O)NCC(=O)O. The van der Waals surface area contributed by atoms with E-state index in [1.54, 1.807) is 4.90 Å². The largest absolute Gasteiger partial charge is 0.480 e. The molecule has 2 saturated heterocycles. The van der Waals surface area contributed by atoms with Crippen molar-refractivity contribution in [2.75, 3.05) is 52.4 Å². The Bertz CT molecular complexity index is 1420. The molecule has 2 rings (SSSR count). The van der Waals surface area contributed by atoms with Crippen molar-refractivity contribution in [2.24, 2.45) is 5.73 Å². The lowest BCUT2D eigenvalue weighted by Gasteiger charge is -2.28. The van der Waals surface area contributed by atoms with E-state index < -0.39 is 110 Å². The van der Waals surface area contributed by atoms with E-state index in [2.05, 4.69) is 54.4 Å². The summed E-state index contributed by atoms with van der Waals surface area (Å²) in [5.74, 6) is -7.11. The smallest absolute Gasteiger partial charge is 0.322 e. The van der Waals surface area contributed by atoms with E-state index in [-0.39, 0.29) is 25.3 Å². The van der Waals surface area contributed by atoms with Gasteiger partial charge in [-0.15, -0.1) is 0 Å². The normalized spacial score (nSPS) is 17.3. The molecule has 0 aromatic rings. The number of hydrogen-bond donors (Lipinski definition) is 11. The van der Waals surface area contributed by atoms with Gasteiger partial charge in [0.05, 0.1) is 38.8 Å². The van der Waals surface area contributed by atoms with Gasteiger partial charge in [-0.25, -0.2) is 0 Å². The average molecular weight is 752 g/mol. The molecule has 22 heteroatoms. The van der Waals surface area contributed by atoms with E-state index in [1.165, 1.54) is 6.92 Å². The molecule has 0 aliphatic carbocycles. The van der Waals surface area contributed by atoms with Crippen LogP contribution in [0.4, 0.5) is 0 Å². The highest BCUT2D eigenvalue weighted by Crippen LogP contribution is 2.21. The van der Waals surface area contributed by atoms with Crippen LogP contribution in [0.2, 0.25) is 0 Å². The molecule has 0 radical (unpaired) electrons. The van der Waals surface area contributed by atoms with Crippen molar-refractivity contribution in [3.8, 4) is 0 Å². The van der Waals surface area contributed by atoms with Crippen molar-refractivity contribution in [1.29, 1.82) is 0 Å². The second-order valence-electron chi connectivity index (χ2n) is 12.3. The highest BCUT2D eigenvalue weighted by molar-refractivity contribution is 5.94. The van der Waals surface area contributed by atoms with E-state index in [0.29, 0.717) is 38.0 Å². The summed E-state index contributed by atoms with van der Waals surface area (Å²) in [6.45, 7) is 3.78. The van der Waals surface area contributed by atoms with Crippen LogP contribution in [0.5, 0.6) is 0 Å². The van der Waals surface area contributed by atoms with E-state index in [4.69, 9.17) is 10.8 Å². The maximum Gasteiger partial charge on any atom is 0.322 e. The number of likely N-dealkylation sites (tertiary alicyclic amines) is 1. The molecule has 4 atom stereocenters. The van der Waals surface area contributed by atoms with E-state index in [9.17, 15) is 47.9 Å². The first-order valence-electron chi connectivity index (χ1n) is 17.0. The van der Waals surface area contributed by atoms with Gasteiger partial charge >= 0.3 is 5.97 Å². The zero-order chi connectivity index (χ0) is 39.5. The number of rotatable bonds is 22. The number of primary amides is 1. The number of aliphatic carboxylic acids is 1. The molecule has 2 fully saturated rings. The molecule has 0 bridgehead atoms. The number of amides is 9. The number of nitrogens with two attached hydrogens (primary N) is 1. The summed E-state index contributed by atoms with van der Waals surface area (Å²) >= 11 is 0. The Morgan fingerprint density at radius 3 is 1.94 bits per heavy atom. The molecule has 2 heterocycles. The van der Waals surface area contributed by atoms with Crippen molar-refractivity contribution >= 4 is 59.1 Å². The van der Waals surface area contributed by atoms with Crippen LogP contribution >= 0.6 is 0 Å². The monoisotopic (exact) mass is 751 g/mol. The van der Waals surface area contributed by atoms with Crippen molar-refractivity contribution in [1.82, 2.24) is 52.8 Å². The van der Waals surface area contributed by atoms with Crippen molar-refractivity contribution in [3.05, 3.63) is 12.3 Å². The fraction of sp³-hybridized carbons (Fsp3) is 0.613. The number of nitrogens with one attached hydrogen (secondary N) is 9. The molecule has 294 valence electrons. The Morgan fingerprint density at radius 2 is 1.32 bits per heavy atom. The number of carbonyl (C=O) groups excluding carboxylic acids is 9. The summed E-state index contributed by atoms with van der Waals surface area (Å²) in [4.78, 5) is 122. The fourth-order valence-corrected chi connectivity index (χ4v) is 5.27. The molecular weight excluding hydrogens is 702 g/mol. The predicted molar refractivity (Wildman–Crippen MR) is 184 cm³/mol. The summed E-state index contributed by atoms with van der Waals surface area (Å²) in [5.41, 5.74) is 5.58. The van der Waals surface area contributed by atoms with Crippen LogP contribution in [-0.4, -0.2) is 146 Å². The van der Waals surface area contributed by atoms with Gasteiger partial charge in [-0.3, -0.25) is 47.9 Å². The first kappa shape index (κ1) is 43.4. The summed E-state index contributed by atoms with van der Waals surface area (Å²) in [6, 6.07) is -3.31. The van der Waals surface area contributed by atoms with Crippen molar-refractivity contribution < 1.29 is 53.1 Å². The van der Waals surface area contributed by atoms with E-state index >= 15 is 0 Å². The Morgan fingerprint density at radius 1 is 0.736 bits per heavy atom. The van der Waals surface area contributed by atoms with Crippen LogP contribution in [0.15, 0.2) is 12.3 Å². The van der Waals surface area contributed by atoms with Gasteiger partial charge in [0.25, 0.3) is 0 Å². The molecular formula is C31H49N11O11. The second kappa shape index (κ2) is 22.2. The van der Waals surface area contributed by atoms with Crippen molar-refractivity contribution in [3.63, 3.8) is 0 Å². The summed E-state index contributed by atoms with van der Waals surface area (Å²) < 4.78 is 0. The topological polar surface area (TPSA) is 328 Å². The number of carbonyl (C=O) groups is 10. The van der Waals surface area contributed by atoms with E-state index in [0.717, 1.165) is 6.42 Å². The van der Waals surface area contributed by atoms with Crippen LogP contribution in [0.1, 0.15) is 45.4 Å². The van der Waals surface area contributed by atoms with Gasteiger partial charge in [-0.1, -0.05) is 6.58 Å². The Balaban J connectivity index is 1.68. The molecule has 53 heavy (non-hydrogen) atoms. The van der Waals surface area contributed by atoms with Crippen LogP contribution in [-0.2, 0) is 47.9 Å². The third kappa shape index (κ3) is 16.4. The number of nitrogens with zero attached hydrogens (tertiary/aromatic N) is 1. The standard InChI is InChI=1S/C31H49N11O11/c1-17(42-10-4-6-21(42)31(53)39-16-27(48)49)11-36-28(50)18(2)40-25(46)14-35-23(44)12-34-24(45)13-37-30(52)20(7-8-22(32)43)41-26(47)15-38-29(51)19-5-3-9-33-19/h18-21,33H,1,3-16H2,2H3,(H2,32,43)(H,34,45)(H,35,44)(H,36,50)(H,37,52)(H,38,51)(H,39,53)(H,40,46)(H,41,47)(H,48,49). The van der Waals surface area contributed by atoms with Crippen LogP contribution < -0.4 is 53.6 Å². The van der Waals surface area contributed by atoms with Crippen LogP contribution in [0, 0.1) is 0 Å². The lowest BCUT2D eigenvalue weighted by atomic mass is 10.1. The molecule has 2 aliphatic heterocycles. The summed E-state index contributed by atoms with van der Waals surface area (Å²) in [6.07, 6.45) is 2.17. The molecule has 0 aromatic heterocycles. The Labute approximate surface area is 304 Å². The van der Waals surface area contributed by atoms with Crippen molar-refractivity contribution in [2.45, 2.75) is 69.6 Å². The summed E-state index contributed by atoms with van der Waals surface area (Å²) in [5, 5.41) is 30.7. The van der Waals surface area contributed by atoms with Crippen LogP contribution in [0.25, 0.3) is 0 Å². The minimum atomic E-state index is -1.25.